The van der Waals surface area contributed by atoms with Crippen LogP contribution in [0.3, 0.4) is 0 Å². The van der Waals surface area contributed by atoms with Gasteiger partial charge in [-0.3, -0.25) is 14.3 Å². The number of hydrogen-bond donors (Lipinski definition) is 2. The first-order chi connectivity index (χ1) is 10.5. The van der Waals surface area contributed by atoms with E-state index in [1.807, 2.05) is 30.3 Å². The molecule has 0 bridgehead atoms. The topological polar surface area (TPSA) is 93.3 Å². The number of anilines is 2. The first-order valence-corrected chi connectivity index (χ1v) is 7.06. The molecule has 0 aliphatic carbocycles. The van der Waals surface area contributed by atoms with Crippen molar-refractivity contribution in [1.82, 2.24) is 9.55 Å². The van der Waals surface area contributed by atoms with Gasteiger partial charge in [0, 0.05) is 13.6 Å². The van der Waals surface area contributed by atoms with Gasteiger partial charge in [0.05, 0.1) is 6.54 Å². The summed E-state index contributed by atoms with van der Waals surface area (Å²) in [4.78, 5) is 27.6. The van der Waals surface area contributed by atoms with Crippen LogP contribution in [0.25, 0.3) is 0 Å². The molecule has 0 radical (unpaired) electrons. The lowest BCUT2D eigenvalue weighted by Gasteiger charge is -2.21. The Morgan fingerprint density at radius 1 is 1.27 bits per heavy atom. The predicted octanol–water partition coefficient (Wildman–Crippen LogP) is 0.654. The highest BCUT2D eigenvalue weighted by Gasteiger charge is 2.15. The lowest BCUT2D eigenvalue weighted by Crippen LogP contribution is -2.38. The second-order valence-corrected chi connectivity index (χ2v) is 4.82. The molecule has 0 unspecified atom stereocenters. The second kappa shape index (κ2) is 6.84. The van der Waals surface area contributed by atoms with Gasteiger partial charge >= 0.3 is 5.69 Å². The Balaban J connectivity index is 2.11. The Labute approximate surface area is 127 Å². The van der Waals surface area contributed by atoms with E-state index in [-0.39, 0.29) is 11.5 Å². The van der Waals surface area contributed by atoms with Gasteiger partial charge in [0.15, 0.2) is 0 Å². The Bertz CT molecular complexity index is 737. The van der Waals surface area contributed by atoms with E-state index >= 15 is 0 Å². The fraction of sp³-hybridized carbons (Fsp3) is 0.333. The van der Waals surface area contributed by atoms with Gasteiger partial charge in [-0.2, -0.15) is 0 Å². The Morgan fingerprint density at radius 3 is 2.59 bits per heavy atom. The summed E-state index contributed by atoms with van der Waals surface area (Å²) >= 11 is 0. The smallest absolute Gasteiger partial charge is 0.330 e. The molecule has 3 N–H and O–H groups in total. The van der Waals surface area contributed by atoms with E-state index in [4.69, 9.17) is 10.5 Å². The molecule has 7 nitrogen and oxygen atoms in total. The number of para-hydroxylation sites is 1. The number of benzene rings is 1. The molecule has 0 spiro atoms. The van der Waals surface area contributed by atoms with E-state index in [2.05, 4.69) is 4.98 Å². The van der Waals surface area contributed by atoms with Crippen molar-refractivity contribution in [1.29, 1.82) is 0 Å². The van der Waals surface area contributed by atoms with Crippen LogP contribution in [0.4, 0.5) is 11.5 Å². The summed E-state index contributed by atoms with van der Waals surface area (Å²) in [6.45, 7) is 3.04. The zero-order valence-electron chi connectivity index (χ0n) is 12.7. The molecule has 1 heterocycles. The van der Waals surface area contributed by atoms with Crippen molar-refractivity contribution in [3.63, 3.8) is 0 Å². The standard InChI is InChI=1S/C15H20N4O3/c1-3-19-13(16)12(14(20)17-15(19)21)18(2)9-10-22-11-7-5-4-6-8-11/h4-8H,3,9-10,16H2,1-2H3,(H,17,20,21). The largest absolute Gasteiger partial charge is 0.492 e. The molecule has 0 fully saturated rings. The van der Waals surface area contributed by atoms with Gasteiger partial charge in [-0.15, -0.1) is 0 Å². The highest BCUT2D eigenvalue weighted by molar-refractivity contribution is 5.61. The van der Waals surface area contributed by atoms with Crippen molar-refractivity contribution in [2.24, 2.45) is 0 Å². The van der Waals surface area contributed by atoms with Crippen LogP contribution in [0, 0.1) is 0 Å². The number of nitrogens with zero attached hydrogens (tertiary/aromatic N) is 2. The van der Waals surface area contributed by atoms with Crippen LogP contribution in [0.2, 0.25) is 0 Å². The van der Waals surface area contributed by atoms with Gasteiger partial charge in [-0.25, -0.2) is 4.79 Å². The zero-order chi connectivity index (χ0) is 16.1. The summed E-state index contributed by atoms with van der Waals surface area (Å²) in [5.41, 5.74) is 5.23. The molecule has 0 saturated carbocycles. The maximum Gasteiger partial charge on any atom is 0.330 e. The maximum absolute atomic E-state index is 12.0. The first kappa shape index (κ1) is 15.7. The minimum atomic E-state index is -0.498. The summed E-state index contributed by atoms with van der Waals surface area (Å²) in [6, 6.07) is 9.40. The number of aromatic nitrogens is 2. The van der Waals surface area contributed by atoms with Crippen LogP contribution >= 0.6 is 0 Å². The third-order valence-corrected chi connectivity index (χ3v) is 3.35. The Kier molecular flexibility index (Phi) is 4.88. The minimum absolute atomic E-state index is 0.165. The third-order valence-electron chi connectivity index (χ3n) is 3.35. The van der Waals surface area contributed by atoms with E-state index in [1.54, 1.807) is 18.9 Å². The van der Waals surface area contributed by atoms with Gasteiger partial charge in [0.25, 0.3) is 5.56 Å². The number of rotatable bonds is 6. The molecule has 0 amide bonds. The molecule has 0 aliphatic rings. The monoisotopic (exact) mass is 304 g/mol. The van der Waals surface area contributed by atoms with Crippen LogP contribution in [-0.2, 0) is 6.54 Å². The maximum atomic E-state index is 12.0. The third kappa shape index (κ3) is 3.30. The van der Waals surface area contributed by atoms with Gasteiger partial charge < -0.3 is 15.4 Å². The van der Waals surface area contributed by atoms with Crippen molar-refractivity contribution in [2.75, 3.05) is 30.8 Å². The number of nitrogen functional groups attached to an aromatic ring is 1. The average molecular weight is 304 g/mol. The molecule has 22 heavy (non-hydrogen) atoms. The number of nitrogens with one attached hydrogen (secondary N) is 1. The molecular formula is C15H20N4O3. The number of likely N-dealkylation sites (N-methyl/N-ethyl adjacent to an activating group) is 1. The van der Waals surface area contributed by atoms with Crippen molar-refractivity contribution in [3.8, 4) is 5.75 Å². The van der Waals surface area contributed by atoms with Crippen LogP contribution in [0.1, 0.15) is 6.92 Å². The summed E-state index contributed by atoms with van der Waals surface area (Å²) in [6.07, 6.45) is 0. The molecule has 118 valence electrons. The summed E-state index contributed by atoms with van der Waals surface area (Å²) in [5.74, 6) is 0.926. The average Bonchev–Trinajstić information content (AvgIpc) is 2.48. The van der Waals surface area contributed by atoms with Crippen LogP contribution in [-0.4, -0.2) is 29.8 Å². The Morgan fingerprint density at radius 2 is 1.95 bits per heavy atom. The molecule has 2 rings (SSSR count). The second-order valence-electron chi connectivity index (χ2n) is 4.82. The van der Waals surface area contributed by atoms with E-state index in [0.29, 0.717) is 19.7 Å². The molecule has 0 aliphatic heterocycles. The molecule has 1 aromatic heterocycles. The lowest BCUT2D eigenvalue weighted by molar-refractivity contribution is 0.326. The number of ether oxygens (including phenoxy) is 1. The van der Waals surface area contributed by atoms with E-state index in [1.165, 1.54) is 4.57 Å². The molecular weight excluding hydrogens is 284 g/mol. The van der Waals surface area contributed by atoms with E-state index in [0.717, 1.165) is 5.75 Å². The van der Waals surface area contributed by atoms with Crippen molar-refractivity contribution in [3.05, 3.63) is 51.2 Å². The van der Waals surface area contributed by atoms with Gasteiger partial charge in [0.2, 0.25) is 0 Å². The van der Waals surface area contributed by atoms with Gasteiger partial charge in [-0.05, 0) is 19.1 Å². The number of aromatic amines is 1. The predicted molar refractivity (Wildman–Crippen MR) is 86.6 cm³/mol. The molecule has 1 aromatic carbocycles. The van der Waals surface area contributed by atoms with E-state index in [9.17, 15) is 9.59 Å². The Hall–Kier alpha value is -2.70. The number of H-pyrrole nitrogens is 1. The zero-order valence-corrected chi connectivity index (χ0v) is 12.7. The number of hydrogen-bond acceptors (Lipinski definition) is 5. The van der Waals surface area contributed by atoms with Crippen molar-refractivity contribution >= 4 is 11.5 Å². The number of nitrogens with two attached hydrogens (primary N) is 1. The summed E-state index contributed by atoms with van der Waals surface area (Å²) in [5, 5.41) is 0. The van der Waals surface area contributed by atoms with Gasteiger partial charge in [0.1, 0.15) is 23.9 Å². The molecule has 7 heteroatoms. The van der Waals surface area contributed by atoms with Gasteiger partial charge in [-0.1, -0.05) is 18.2 Å². The molecule has 0 atom stereocenters. The summed E-state index contributed by atoms with van der Waals surface area (Å²) in [7, 11) is 1.74. The SMILES string of the molecule is CCn1c(N)c(N(C)CCOc2ccccc2)c(=O)[nH]c1=O. The van der Waals surface area contributed by atoms with Crippen LogP contribution in [0.15, 0.2) is 39.9 Å². The van der Waals surface area contributed by atoms with Crippen LogP contribution in [0.5, 0.6) is 5.75 Å². The fourth-order valence-electron chi connectivity index (χ4n) is 2.19. The highest BCUT2D eigenvalue weighted by atomic mass is 16.5. The van der Waals surface area contributed by atoms with Crippen molar-refractivity contribution < 1.29 is 4.74 Å². The lowest BCUT2D eigenvalue weighted by atomic mass is 10.3. The highest BCUT2D eigenvalue weighted by Crippen LogP contribution is 2.14. The quantitative estimate of drug-likeness (QED) is 0.817. The summed E-state index contributed by atoms with van der Waals surface area (Å²) < 4.78 is 6.92. The van der Waals surface area contributed by atoms with Crippen molar-refractivity contribution in [2.45, 2.75) is 13.5 Å². The van der Waals surface area contributed by atoms with Crippen LogP contribution < -0.4 is 26.6 Å². The molecule has 2 aromatic rings. The van der Waals surface area contributed by atoms with E-state index < -0.39 is 11.2 Å². The first-order valence-electron chi connectivity index (χ1n) is 7.06. The normalized spacial score (nSPS) is 10.5. The minimum Gasteiger partial charge on any atom is -0.492 e. The molecule has 0 saturated heterocycles. The fourth-order valence-corrected chi connectivity index (χ4v) is 2.19.